The number of carbonyl (C=O) groups excluding carboxylic acids is 1. The Kier molecular flexibility index (Phi) is 3.78. The zero-order valence-corrected chi connectivity index (χ0v) is 12.5. The first-order chi connectivity index (χ1) is 8.84. The molecule has 0 spiro atoms. The van der Waals surface area contributed by atoms with Crippen LogP contribution in [0.2, 0.25) is 0 Å². The van der Waals surface area contributed by atoms with Gasteiger partial charge in [0.1, 0.15) is 5.75 Å². The Bertz CT molecular complexity index is 534. The normalized spacial score (nSPS) is 20.2. The van der Waals surface area contributed by atoms with E-state index in [1.54, 1.807) is 13.2 Å². The Morgan fingerprint density at radius 2 is 2.05 bits per heavy atom. The van der Waals surface area contributed by atoms with Crippen molar-refractivity contribution in [2.24, 2.45) is 0 Å². The molecule has 0 unspecified atom stereocenters. The van der Waals surface area contributed by atoms with Crippen LogP contribution >= 0.6 is 0 Å². The van der Waals surface area contributed by atoms with Gasteiger partial charge in [-0.3, -0.25) is 4.79 Å². The van der Waals surface area contributed by atoms with E-state index >= 15 is 0 Å². The molecule has 1 N–H and O–H groups in total. The van der Waals surface area contributed by atoms with Gasteiger partial charge in [0.25, 0.3) is 0 Å². The number of ether oxygens (including phenoxy) is 1. The first kappa shape index (κ1) is 14.2. The van der Waals surface area contributed by atoms with E-state index in [1.165, 1.54) is 0 Å². The van der Waals surface area contributed by atoms with Crippen LogP contribution in [0.15, 0.2) is 18.2 Å². The Balaban J connectivity index is 2.31. The second-order valence-electron chi connectivity index (χ2n) is 5.60. The minimum absolute atomic E-state index is 0.0378. The quantitative estimate of drug-likeness (QED) is 0.925. The van der Waals surface area contributed by atoms with Crippen molar-refractivity contribution in [1.82, 2.24) is 4.72 Å². The van der Waals surface area contributed by atoms with Crippen LogP contribution in [-0.2, 0) is 11.0 Å². The van der Waals surface area contributed by atoms with Gasteiger partial charge in [-0.25, -0.2) is 8.93 Å². The smallest absolute Gasteiger partial charge is 0.168 e. The number of fused-ring (bicyclic) bond motifs is 1. The molecule has 0 heterocycles. The molecule has 104 valence electrons. The lowest BCUT2D eigenvalue weighted by atomic mass is 10.1. The molecule has 0 radical (unpaired) electrons. The molecule has 1 aromatic carbocycles. The maximum Gasteiger partial charge on any atom is 0.168 e. The van der Waals surface area contributed by atoms with E-state index < -0.39 is 11.0 Å². The van der Waals surface area contributed by atoms with Crippen molar-refractivity contribution >= 4 is 16.8 Å². The minimum atomic E-state index is -1.20. The van der Waals surface area contributed by atoms with Gasteiger partial charge >= 0.3 is 0 Å². The van der Waals surface area contributed by atoms with Crippen LogP contribution in [0.25, 0.3) is 0 Å². The predicted octanol–water partition coefficient (Wildman–Crippen LogP) is 2.37. The third-order valence-electron chi connectivity index (χ3n) is 3.13. The van der Waals surface area contributed by atoms with E-state index in [9.17, 15) is 9.00 Å². The van der Waals surface area contributed by atoms with Gasteiger partial charge in [-0.15, -0.1) is 0 Å². The molecular weight excluding hydrogens is 262 g/mol. The summed E-state index contributed by atoms with van der Waals surface area (Å²) in [5.74, 6) is 0.629. The van der Waals surface area contributed by atoms with Crippen molar-refractivity contribution < 1.29 is 13.7 Å². The number of hydrogen-bond donors (Lipinski definition) is 1. The summed E-state index contributed by atoms with van der Waals surface area (Å²) >= 11 is 0. The minimum Gasteiger partial charge on any atom is -0.496 e. The van der Waals surface area contributed by atoms with Crippen LogP contribution in [0.1, 0.15) is 49.2 Å². The lowest BCUT2D eigenvalue weighted by molar-refractivity contribution is 0.0985. The number of methoxy groups -OCH3 is 1. The molecule has 0 bridgehead atoms. The standard InChI is InChI=1S/C14H19NO3S/c1-14(2,3)19(17)15-10-8-11(16)13-9(10)6-5-7-12(13)18-4/h5-7,10,15H,8H2,1-4H3/t10-,19-/m0/s1. The Labute approximate surface area is 116 Å². The number of nitrogens with one attached hydrogen (secondary N) is 1. The Morgan fingerprint density at radius 1 is 1.37 bits per heavy atom. The zero-order chi connectivity index (χ0) is 14.2. The third-order valence-corrected chi connectivity index (χ3v) is 4.74. The van der Waals surface area contributed by atoms with E-state index in [2.05, 4.69) is 4.72 Å². The fraction of sp³-hybridized carbons (Fsp3) is 0.500. The van der Waals surface area contributed by atoms with Gasteiger partial charge in [0.15, 0.2) is 5.78 Å². The largest absolute Gasteiger partial charge is 0.496 e. The van der Waals surface area contributed by atoms with Crippen LogP contribution in [0.4, 0.5) is 0 Å². The second-order valence-corrected chi connectivity index (χ2v) is 7.60. The van der Waals surface area contributed by atoms with Crippen LogP contribution in [-0.4, -0.2) is 21.8 Å². The van der Waals surface area contributed by atoms with E-state index in [0.29, 0.717) is 17.7 Å². The summed E-state index contributed by atoms with van der Waals surface area (Å²) in [7, 11) is 0.352. The number of hydrogen-bond acceptors (Lipinski definition) is 3. The van der Waals surface area contributed by atoms with Crippen LogP contribution in [0.5, 0.6) is 5.75 Å². The Morgan fingerprint density at radius 3 is 2.63 bits per heavy atom. The van der Waals surface area contributed by atoms with E-state index in [0.717, 1.165) is 5.56 Å². The van der Waals surface area contributed by atoms with Gasteiger partial charge in [-0.05, 0) is 32.4 Å². The topological polar surface area (TPSA) is 55.4 Å². The molecule has 0 saturated heterocycles. The number of ketones is 1. The average Bonchev–Trinajstić information content (AvgIpc) is 2.65. The maximum absolute atomic E-state index is 12.1. The summed E-state index contributed by atoms with van der Waals surface area (Å²) in [5.41, 5.74) is 1.50. The van der Waals surface area contributed by atoms with Gasteiger partial charge in [-0.1, -0.05) is 12.1 Å². The highest BCUT2D eigenvalue weighted by Crippen LogP contribution is 2.37. The monoisotopic (exact) mass is 281 g/mol. The van der Waals surface area contributed by atoms with Gasteiger partial charge in [-0.2, -0.15) is 0 Å². The molecule has 1 aliphatic carbocycles. The fourth-order valence-electron chi connectivity index (χ4n) is 2.12. The van der Waals surface area contributed by atoms with Gasteiger partial charge in [0.2, 0.25) is 0 Å². The molecule has 0 aliphatic heterocycles. The number of carbonyl (C=O) groups is 1. The SMILES string of the molecule is COc1cccc2c1C(=O)C[C@@H]2N[S@@](=O)C(C)(C)C. The van der Waals surface area contributed by atoms with Crippen molar-refractivity contribution in [3.8, 4) is 5.75 Å². The van der Waals surface area contributed by atoms with Gasteiger partial charge < -0.3 is 4.74 Å². The highest BCUT2D eigenvalue weighted by Gasteiger charge is 2.34. The summed E-state index contributed by atoms with van der Waals surface area (Å²) in [4.78, 5) is 12.1. The predicted molar refractivity (Wildman–Crippen MR) is 75.7 cm³/mol. The van der Waals surface area contributed by atoms with E-state index in [4.69, 9.17) is 4.74 Å². The molecule has 2 atom stereocenters. The molecular formula is C14H19NO3S. The molecule has 2 rings (SSSR count). The lowest BCUT2D eigenvalue weighted by Gasteiger charge is -2.21. The summed E-state index contributed by atoms with van der Waals surface area (Å²) in [6, 6.07) is 5.32. The molecule has 1 aliphatic rings. The van der Waals surface area contributed by atoms with E-state index in [-0.39, 0.29) is 16.6 Å². The molecule has 1 aromatic rings. The number of rotatable bonds is 3. The summed E-state index contributed by atoms with van der Waals surface area (Å²) in [6.07, 6.45) is 0.331. The molecule has 19 heavy (non-hydrogen) atoms. The molecule has 4 nitrogen and oxygen atoms in total. The fourth-order valence-corrected chi connectivity index (χ4v) is 2.94. The average molecular weight is 281 g/mol. The van der Waals surface area contributed by atoms with Crippen molar-refractivity contribution in [1.29, 1.82) is 0 Å². The molecule has 0 saturated carbocycles. The van der Waals surface area contributed by atoms with E-state index in [1.807, 2.05) is 32.9 Å². The van der Waals surface area contributed by atoms with Gasteiger partial charge in [0, 0.05) is 6.42 Å². The third kappa shape index (κ3) is 2.72. The number of Topliss-reactive ketones (excluding diaryl/α,β-unsaturated/α-hetero) is 1. The van der Waals surface area contributed by atoms with Crippen LogP contribution in [0, 0.1) is 0 Å². The van der Waals surface area contributed by atoms with Crippen LogP contribution in [0.3, 0.4) is 0 Å². The maximum atomic E-state index is 12.1. The van der Waals surface area contributed by atoms with Crippen molar-refractivity contribution in [3.63, 3.8) is 0 Å². The summed E-state index contributed by atoms with van der Waals surface area (Å²) in [6.45, 7) is 5.71. The highest BCUT2D eigenvalue weighted by molar-refractivity contribution is 7.84. The van der Waals surface area contributed by atoms with Crippen molar-refractivity contribution in [2.75, 3.05) is 7.11 Å². The summed E-state index contributed by atoms with van der Waals surface area (Å²) in [5, 5.41) is 0. The summed E-state index contributed by atoms with van der Waals surface area (Å²) < 4.78 is 20.1. The molecule has 0 amide bonds. The van der Waals surface area contributed by atoms with Crippen LogP contribution < -0.4 is 9.46 Å². The second kappa shape index (κ2) is 5.06. The molecule has 0 aromatic heterocycles. The molecule has 5 heteroatoms. The zero-order valence-electron chi connectivity index (χ0n) is 11.6. The Hall–Kier alpha value is -1.20. The highest BCUT2D eigenvalue weighted by atomic mass is 32.2. The molecule has 0 fully saturated rings. The van der Waals surface area contributed by atoms with Crippen molar-refractivity contribution in [2.45, 2.75) is 38.0 Å². The lowest BCUT2D eigenvalue weighted by Crippen LogP contribution is -2.35. The number of benzene rings is 1. The first-order valence-corrected chi connectivity index (χ1v) is 7.37. The van der Waals surface area contributed by atoms with Crippen molar-refractivity contribution in [3.05, 3.63) is 29.3 Å². The first-order valence-electron chi connectivity index (χ1n) is 6.22. The van der Waals surface area contributed by atoms with Gasteiger partial charge in [0.05, 0.1) is 34.4 Å².